The summed E-state index contributed by atoms with van der Waals surface area (Å²) >= 11 is 1.35. The molecule has 2 aliphatic heterocycles. The number of carbonyl (C=O) groups is 3. The van der Waals surface area contributed by atoms with Crippen LogP contribution >= 0.6 is 11.8 Å². The molecule has 0 unspecified atom stereocenters. The fourth-order valence-corrected chi connectivity index (χ4v) is 4.85. The van der Waals surface area contributed by atoms with Crippen LogP contribution in [-0.4, -0.2) is 55.1 Å². The third kappa shape index (κ3) is 3.46. The number of nitrogens with two attached hydrogens (primary N) is 1. The molecule has 2 amide bonds. The molecule has 0 radical (unpaired) electrons. The first kappa shape index (κ1) is 21.0. The van der Waals surface area contributed by atoms with Crippen molar-refractivity contribution >= 4 is 29.5 Å². The smallest absolute Gasteiger partial charge is 1.00 e. The molecule has 0 aliphatic carbocycles. The largest absolute Gasteiger partial charge is 1.00 e. The Hall–Kier alpha value is -1.26. The molecule has 26 heavy (non-hydrogen) atoms. The van der Waals surface area contributed by atoms with Crippen molar-refractivity contribution in [3.8, 4) is 5.75 Å². The Morgan fingerprint density at radius 3 is 2.46 bits per heavy atom. The number of phenols is 1. The van der Waals surface area contributed by atoms with Crippen LogP contribution in [0.4, 0.5) is 0 Å². The zero-order chi connectivity index (χ0) is 18.5. The van der Waals surface area contributed by atoms with Gasteiger partial charge in [-0.25, -0.2) is 4.79 Å². The number of carboxylic acid groups (broad SMARTS) is 1. The van der Waals surface area contributed by atoms with Crippen molar-refractivity contribution in [1.29, 1.82) is 0 Å². The fourth-order valence-electron chi connectivity index (χ4n) is 3.22. The number of phenolic OH excluding ortho intramolecular Hbond substituents is 1. The summed E-state index contributed by atoms with van der Waals surface area (Å²) in [6.07, 6.45) is 0. The monoisotopic (exact) mass is 389 g/mol. The first-order chi connectivity index (χ1) is 11.6. The first-order valence-electron chi connectivity index (χ1n) is 7.71. The number of β-lactam (4-membered cyclic amide) rings is 1. The van der Waals surface area contributed by atoms with Crippen molar-refractivity contribution in [1.82, 2.24) is 10.2 Å². The molecular weight excluding hydrogens is 369 g/mol. The molecular formula is C16H20N3NaO5S. The number of carbonyl (C=O) groups excluding carboxylic acids is 2. The molecule has 4 atom stereocenters. The number of fused-ring (bicyclic) bond motifs is 1. The second-order valence-electron chi connectivity index (χ2n) is 6.65. The number of thioether (sulfide) groups is 1. The van der Waals surface area contributed by atoms with Gasteiger partial charge in [0.2, 0.25) is 11.8 Å². The molecule has 0 spiro atoms. The normalized spacial score (nSPS) is 27.0. The van der Waals surface area contributed by atoms with Crippen molar-refractivity contribution < 1.29 is 55.6 Å². The summed E-state index contributed by atoms with van der Waals surface area (Å²) < 4.78 is -0.648. The van der Waals surface area contributed by atoms with Gasteiger partial charge in [0.15, 0.2) is 0 Å². The number of hydrogen-bond acceptors (Lipinski definition) is 6. The van der Waals surface area contributed by atoms with Gasteiger partial charge >= 0.3 is 35.5 Å². The molecule has 8 nitrogen and oxygen atoms in total. The fraction of sp³-hybridized carbons (Fsp3) is 0.438. The Kier molecular flexibility index (Phi) is 5.99. The number of benzene rings is 1. The second kappa shape index (κ2) is 7.40. The summed E-state index contributed by atoms with van der Waals surface area (Å²) in [7, 11) is 0. The van der Waals surface area contributed by atoms with Crippen LogP contribution in [0, 0.1) is 0 Å². The predicted molar refractivity (Wildman–Crippen MR) is 91.8 cm³/mol. The molecule has 0 saturated carbocycles. The summed E-state index contributed by atoms with van der Waals surface area (Å²) in [6, 6.07) is 3.21. The van der Waals surface area contributed by atoms with E-state index in [-0.39, 0.29) is 36.7 Å². The van der Waals surface area contributed by atoms with Gasteiger partial charge in [0.05, 0.1) is 0 Å². The quantitative estimate of drug-likeness (QED) is 0.322. The molecule has 0 aromatic heterocycles. The van der Waals surface area contributed by atoms with Gasteiger partial charge in [-0.05, 0) is 31.5 Å². The molecule has 1 aromatic carbocycles. The van der Waals surface area contributed by atoms with Crippen LogP contribution in [0.3, 0.4) is 0 Å². The molecule has 1 aromatic rings. The Balaban J connectivity index is 0.00000182. The minimum atomic E-state index is -1.06. The summed E-state index contributed by atoms with van der Waals surface area (Å²) in [5.41, 5.74) is 6.41. The van der Waals surface area contributed by atoms with Crippen LogP contribution in [0.1, 0.15) is 26.9 Å². The van der Waals surface area contributed by atoms with Gasteiger partial charge in [-0.3, -0.25) is 9.59 Å². The zero-order valence-electron chi connectivity index (χ0n) is 15.7. The van der Waals surface area contributed by atoms with E-state index in [2.05, 4.69) is 5.32 Å². The van der Waals surface area contributed by atoms with Gasteiger partial charge in [0.1, 0.15) is 29.2 Å². The van der Waals surface area contributed by atoms with E-state index in [0.29, 0.717) is 5.56 Å². The number of rotatable bonds is 4. The maximum Gasteiger partial charge on any atom is 1.00 e. The SMILES string of the molecule is CC1(C)S[C@@H]2[C@H](NC(=O)[C@H](N)c3ccc(O)cc3)C(=O)N2[C@H]1C(=O)O.[H-].[Na+]. The van der Waals surface area contributed by atoms with Gasteiger partial charge in [0.25, 0.3) is 0 Å². The van der Waals surface area contributed by atoms with Crippen LogP contribution in [0.25, 0.3) is 0 Å². The molecule has 0 bridgehead atoms. The molecule has 5 N–H and O–H groups in total. The standard InChI is InChI=1S/C16H19N3O5S.Na.H/c1-16(2)11(15(23)24)19-13(22)10(14(19)25-16)18-12(21)9(17)7-3-5-8(20)6-4-7;;/h3-6,9-11,14,20H,17H2,1-2H3,(H,18,21)(H,23,24);;/q;+1;-1/t9-,10-,11+,14-;;/m1../s1. The van der Waals surface area contributed by atoms with Crippen molar-refractivity contribution in [3.63, 3.8) is 0 Å². The first-order valence-corrected chi connectivity index (χ1v) is 8.59. The molecule has 3 rings (SSSR count). The number of amides is 2. The minimum Gasteiger partial charge on any atom is -1.00 e. The Bertz CT molecular complexity index is 748. The van der Waals surface area contributed by atoms with E-state index in [9.17, 15) is 24.6 Å². The molecule has 2 heterocycles. The maximum atomic E-state index is 12.3. The van der Waals surface area contributed by atoms with E-state index in [1.54, 1.807) is 13.8 Å². The number of hydrogen-bond donors (Lipinski definition) is 4. The summed E-state index contributed by atoms with van der Waals surface area (Å²) in [4.78, 5) is 37.5. The van der Waals surface area contributed by atoms with Gasteiger partial charge in [0, 0.05) is 4.75 Å². The molecule has 10 heteroatoms. The third-order valence-electron chi connectivity index (χ3n) is 4.51. The number of aromatic hydroxyl groups is 1. The van der Waals surface area contributed by atoms with Crippen molar-refractivity contribution in [2.24, 2.45) is 5.73 Å². The number of carboxylic acids is 1. The van der Waals surface area contributed by atoms with Crippen LogP contribution < -0.4 is 40.6 Å². The minimum absolute atomic E-state index is 0. The van der Waals surface area contributed by atoms with Crippen molar-refractivity contribution in [2.75, 3.05) is 0 Å². The number of nitrogens with zero attached hydrogens (tertiary/aromatic N) is 1. The van der Waals surface area contributed by atoms with Crippen LogP contribution in [0.5, 0.6) is 5.75 Å². The Labute approximate surface area is 178 Å². The number of nitrogens with one attached hydrogen (secondary N) is 1. The predicted octanol–water partition coefficient (Wildman–Crippen LogP) is -2.86. The third-order valence-corrected chi connectivity index (χ3v) is 6.08. The van der Waals surface area contributed by atoms with Crippen molar-refractivity contribution in [2.45, 2.75) is 42.1 Å². The topological polar surface area (TPSA) is 133 Å². The maximum absolute atomic E-state index is 12.3. The van der Waals surface area contributed by atoms with E-state index in [1.165, 1.54) is 40.9 Å². The molecule has 2 saturated heterocycles. The zero-order valence-corrected chi connectivity index (χ0v) is 17.5. The van der Waals surface area contributed by atoms with Crippen LogP contribution in [0.15, 0.2) is 24.3 Å². The van der Waals surface area contributed by atoms with E-state index < -0.39 is 46.0 Å². The van der Waals surface area contributed by atoms with E-state index in [0.717, 1.165) is 0 Å². The second-order valence-corrected chi connectivity index (χ2v) is 8.42. The summed E-state index contributed by atoms with van der Waals surface area (Å²) in [5, 5.41) is 20.9. The van der Waals surface area contributed by atoms with E-state index in [1.807, 2.05) is 0 Å². The van der Waals surface area contributed by atoms with Crippen LogP contribution in [-0.2, 0) is 14.4 Å². The van der Waals surface area contributed by atoms with Gasteiger partial charge in [-0.1, -0.05) is 12.1 Å². The molecule has 136 valence electrons. The average molecular weight is 389 g/mol. The number of aliphatic carboxylic acids is 1. The van der Waals surface area contributed by atoms with Gasteiger partial charge < -0.3 is 27.6 Å². The summed E-state index contributed by atoms with van der Waals surface area (Å²) in [5.74, 6) is -1.94. The van der Waals surface area contributed by atoms with E-state index >= 15 is 0 Å². The Morgan fingerprint density at radius 2 is 1.92 bits per heavy atom. The van der Waals surface area contributed by atoms with Crippen LogP contribution in [0.2, 0.25) is 0 Å². The molecule has 2 aliphatic rings. The molecule has 2 fully saturated rings. The van der Waals surface area contributed by atoms with Gasteiger partial charge in [-0.15, -0.1) is 11.8 Å². The van der Waals surface area contributed by atoms with Crippen molar-refractivity contribution in [3.05, 3.63) is 29.8 Å². The van der Waals surface area contributed by atoms with E-state index in [4.69, 9.17) is 5.73 Å². The average Bonchev–Trinajstić information content (AvgIpc) is 2.80. The summed E-state index contributed by atoms with van der Waals surface area (Å²) in [6.45, 7) is 3.53. The van der Waals surface area contributed by atoms with Gasteiger partial charge in [-0.2, -0.15) is 0 Å². The Morgan fingerprint density at radius 1 is 1.35 bits per heavy atom.